The van der Waals surface area contributed by atoms with Gasteiger partial charge < -0.3 is 10.1 Å². The van der Waals surface area contributed by atoms with Gasteiger partial charge in [0.05, 0.1) is 13.2 Å². The van der Waals surface area contributed by atoms with Gasteiger partial charge in [0.1, 0.15) is 0 Å². The predicted octanol–water partition coefficient (Wildman–Crippen LogP) is 1.41. The zero-order valence-corrected chi connectivity index (χ0v) is 8.54. The van der Waals surface area contributed by atoms with Crippen LogP contribution >= 0.6 is 0 Å². The van der Waals surface area contributed by atoms with Crippen LogP contribution in [0.2, 0.25) is 0 Å². The SMILES string of the molecule is COCCNCC(F)(F)c1ccncc1. The van der Waals surface area contributed by atoms with E-state index in [9.17, 15) is 8.78 Å². The Balaban J connectivity index is 2.45. The van der Waals surface area contributed by atoms with E-state index in [1.165, 1.54) is 31.6 Å². The molecule has 1 aromatic heterocycles. The molecule has 84 valence electrons. The zero-order valence-electron chi connectivity index (χ0n) is 8.54. The first-order chi connectivity index (χ1) is 7.17. The van der Waals surface area contributed by atoms with Crippen molar-refractivity contribution in [3.8, 4) is 0 Å². The zero-order chi connectivity index (χ0) is 11.1. The van der Waals surface area contributed by atoms with Crippen molar-refractivity contribution in [2.24, 2.45) is 0 Å². The first-order valence-corrected chi connectivity index (χ1v) is 4.65. The molecule has 0 saturated heterocycles. The van der Waals surface area contributed by atoms with Crippen molar-refractivity contribution in [2.45, 2.75) is 5.92 Å². The summed E-state index contributed by atoms with van der Waals surface area (Å²) in [4.78, 5) is 3.69. The van der Waals surface area contributed by atoms with Crippen molar-refractivity contribution >= 4 is 0 Å². The number of alkyl halides is 2. The van der Waals surface area contributed by atoms with Crippen LogP contribution in [0, 0.1) is 0 Å². The van der Waals surface area contributed by atoms with Crippen molar-refractivity contribution < 1.29 is 13.5 Å². The first-order valence-electron chi connectivity index (χ1n) is 4.65. The molecule has 1 N–H and O–H groups in total. The molecule has 1 rings (SSSR count). The molecular formula is C10H14F2N2O. The highest BCUT2D eigenvalue weighted by molar-refractivity contribution is 5.16. The Morgan fingerprint density at radius 1 is 1.40 bits per heavy atom. The van der Waals surface area contributed by atoms with E-state index >= 15 is 0 Å². The van der Waals surface area contributed by atoms with E-state index in [-0.39, 0.29) is 12.1 Å². The van der Waals surface area contributed by atoms with Gasteiger partial charge in [0.15, 0.2) is 0 Å². The lowest BCUT2D eigenvalue weighted by atomic mass is 10.1. The highest BCUT2D eigenvalue weighted by Gasteiger charge is 2.30. The number of pyridine rings is 1. The van der Waals surface area contributed by atoms with E-state index in [1.807, 2.05) is 0 Å². The molecule has 15 heavy (non-hydrogen) atoms. The van der Waals surface area contributed by atoms with Crippen LogP contribution in [0.3, 0.4) is 0 Å². The molecule has 0 aliphatic heterocycles. The molecule has 0 radical (unpaired) electrons. The van der Waals surface area contributed by atoms with Crippen LogP contribution in [0.15, 0.2) is 24.5 Å². The minimum Gasteiger partial charge on any atom is -0.383 e. The molecule has 0 spiro atoms. The van der Waals surface area contributed by atoms with Crippen molar-refractivity contribution in [1.82, 2.24) is 10.3 Å². The number of rotatable bonds is 6. The largest absolute Gasteiger partial charge is 0.383 e. The van der Waals surface area contributed by atoms with Crippen LogP contribution in [0.5, 0.6) is 0 Å². The Morgan fingerprint density at radius 3 is 2.67 bits per heavy atom. The summed E-state index contributed by atoms with van der Waals surface area (Å²) in [6.45, 7) is 0.448. The van der Waals surface area contributed by atoms with E-state index in [0.717, 1.165) is 0 Å². The summed E-state index contributed by atoms with van der Waals surface area (Å²) in [5.41, 5.74) is -0.0255. The second-order valence-corrected chi connectivity index (χ2v) is 3.11. The van der Waals surface area contributed by atoms with Gasteiger partial charge in [0, 0.05) is 31.6 Å². The quantitative estimate of drug-likeness (QED) is 0.730. The summed E-state index contributed by atoms with van der Waals surface area (Å²) in [5.74, 6) is -2.86. The fraction of sp³-hybridized carbons (Fsp3) is 0.500. The summed E-state index contributed by atoms with van der Waals surface area (Å²) >= 11 is 0. The summed E-state index contributed by atoms with van der Waals surface area (Å²) in [6.07, 6.45) is 2.72. The normalized spacial score (nSPS) is 11.7. The van der Waals surface area contributed by atoms with Gasteiger partial charge in [-0.3, -0.25) is 4.98 Å². The molecular weight excluding hydrogens is 202 g/mol. The van der Waals surface area contributed by atoms with Crippen LogP contribution in [-0.4, -0.2) is 31.8 Å². The van der Waals surface area contributed by atoms with Crippen molar-refractivity contribution in [3.63, 3.8) is 0 Å². The van der Waals surface area contributed by atoms with Crippen molar-refractivity contribution in [1.29, 1.82) is 0 Å². The monoisotopic (exact) mass is 216 g/mol. The average Bonchev–Trinajstić information content (AvgIpc) is 2.26. The van der Waals surface area contributed by atoms with Gasteiger partial charge in [-0.15, -0.1) is 0 Å². The van der Waals surface area contributed by atoms with E-state index in [2.05, 4.69) is 10.3 Å². The number of ether oxygens (including phenoxy) is 1. The second-order valence-electron chi connectivity index (χ2n) is 3.11. The number of nitrogens with zero attached hydrogens (tertiary/aromatic N) is 1. The highest BCUT2D eigenvalue weighted by atomic mass is 19.3. The van der Waals surface area contributed by atoms with E-state index in [1.54, 1.807) is 0 Å². The van der Waals surface area contributed by atoms with Gasteiger partial charge in [0.2, 0.25) is 0 Å². The molecule has 0 unspecified atom stereocenters. The lowest BCUT2D eigenvalue weighted by Gasteiger charge is -2.16. The molecule has 0 aliphatic rings. The molecule has 1 aromatic rings. The summed E-state index contributed by atoms with van der Waals surface area (Å²) < 4.78 is 31.6. The number of aromatic nitrogens is 1. The lowest BCUT2D eigenvalue weighted by Crippen LogP contribution is -2.32. The molecule has 0 bridgehead atoms. The van der Waals surface area contributed by atoms with Crippen LogP contribution in [0.4, 0.5) is 8.78 Å². The van der Waals surface area contributed by atoms with E-state index < -0.39 is 5.92 Å². The summed E-state index contributed by atoms with van der Waals surface area (Å²) in [6, 6.07) is 2.63. The van der Waals surface area contributed by atoms with Crippen LogP contribution in [-0.2, 0) is 10.7 Å². The molecule has 0 amide bonds. The molecule has 3 nitrogen and oxygen atoms in total. The van der Waals surface area contributed by atoms with Gasteiger partial charge in [0.25, 0.3) is 5.92 Å². The van der Waals surface area contributed by atoms with Gasteiger partial charge in [-0.2, -0.15) is 8.78 Å². The maximum absolute atomic E-state index is 13.5. The summed E-state index contributed by atoms with van der Waals surface area (Å²) in [5, 5.41) is 2.63. The fourth-order valence-corrected chi connectivity index (χ4v) is 1.12. The van der Waals surface area contributed by atoms with Crippen LogP contribution in [0.1, 0.15) is 5.56 Å². The molecule has 0 fully saturated rings. The number of methoxy groups -OCH3 is 1. The Hall–Kier alpha value is -1.07. The van der Waals surface area contributed by atoms with Crippen LogP contribution < -0.4 is 5.32 Å². The molecule has 0 saturated carbocycles. The fourth-order valence-electron chi connectivity index (χ4n) is 1.12. The van der Waals surface area contributed by atoms with Gasteiger partial charge in [-0.05, 0) is 12.1 Å². The maximum atomic E-state index is 13.5. The molecule has 0 atom stereocenters. The number of nitrogens with one attached hydrogen (secondary N) is 1. The molecule has 0 aromatic carbocycles. The number of hydrogen-bond acceptors (Lipinski definition) is 3. The minimum absolute atomic E-state index is 0.0255. The standard InChI is InChI=1S/C10H14F2N2O/c1-15-7-6-14-8-10(11,12)9-2-4-13-5-3-9/h2-5,14H,6-8H2,1H3. The number of hydrogen-bond donors (Lipinski definition) is 1. The van der Waals surface area contributed by atoms with Crippen molar-refractivity contribution in [3.05, 3.63) is 30.1 Å². The minimum atomic E-state index is -2.86. The van der Waals surface area contributed by atoms with Gasteiger partial charge in [-0.1, -0.05) is 0 Å². The lowest BCUT2D eigenvalue weighted by molar-refractivity contribution is -0.00423. The molecule has 0 aliphatic carbocycles. The third kappa shape index (κ3) is 3.89. The summed E-state index contributed by atoms with van der Waals surface area (Å²) in [7, 11) is 1.53. The smallest absolute Gasteiger partial charge is 0.285 e. The van der Waals surface area contributed by atoms with Gasteiger partial charge >= 0.3 is 0 Å². The number of halogens is 2. The maximum Gasteiger partial charge on any atom is 0.285 e. The Labute approximate surface area is 87.5 Å². The van der Waals surface area contributed by atoms with E-state index in [4.69, 9.17) is 4.74 Å². The highest BCUT2D eigenvalue weighted by Crippen LogP contribution is 2.25. The molecule has 5 heteroatoms. The Morgan fingerprint density at radius 2 is 2.07 bits per heavy atom. The van der Waals surface area contributed by atoms with Crippen LogP contribution in [0.25, 0.3) is 0 Å². The predicted molar refractivity (Wildman–Crippen MR) is 52.9 cm³/mol. The van der Waals surface area contributed by atoms with Crippen molar-refractivity contribution in [2.75, 3.05) is 26.8 Å². The molecule has 1 heterocycles. The second kappa shape index (κ2) is 5.72. The van der Waals surface area contributed by atoms with Gasteiger partial charge in [-0.25, -0.2) is 0 Å². The topological polar surface area (TPSA) is 34.1 Å². The van der Waals surface area contributed by atoms with E-state index in [0.29, 0.717) is 13.2 Å². The third-order valence-electron chi connectivity index (χ3n) is 1.93. The average molecular weight is 216 g/mol. The Kier molecular flexibility index (Phi) is 4.58. The first kappa shape index (κ1) is 12.0. The third-order valence-corrected chi connectivity index (χ3v) is 1.93. The Bertz CT molecular complexity index is 280.